The smallest absolute Gasteiger partial charge is 0.0863 e. The average Bonchev–Trinajstić information content (AvgIpc) is 2.59. The average molecular weight is 288 g/mol. The zero-order chi connectivity index (χ0) is 14.6. The van der Waals surface area contributed by atoms with Crippen LogP contribution in [0.15, 0.2) is 0 Å². The lowest BCUT2D eigenvalue weighted by molar-refractivity contribution is 0.195. The number of nitrogens with zero attached hydrogens (tertiary/aromatic N) is 2. The van der Waals surface area contributed by atoms with Gasteiger partial charge in [-0.05, 0) is 18.3 Å². The molecular formula is C14H26ClN3O. The number of hydrogen-bond acceptors (Lipinski definition) is 3. The summed E-state index contributed by atoms with van der Waals surface area (Å²) in [5.41, 5.74) is 2.04. The molecule has 0 spiro atoms. The minimum Gasteiger partial charge on any atom is -0.396 e. The van der Waals surface area contributed by atoms with Gasteiger partial charge in [-0.1, -0.05) is 39.3 Å². The fraction of sp³-hybridized carbons (Fsp3) is 0.786. The number of nitrogens with one attached hydrogen (secondary N) is 1. The highest BCUT2D eigenvalue weighted by molar-refractivity contribution is 6.31. The van der Waals surface area contributed by atoms with E-state index in [1.54, 1.807) is 0 Å². The zero-order valence-electron chi connectivity index (χ0n) is 12.6. The van der Waals surface area contributed by atoms with Crippen LogP contribution in [-0.4, -0.2) is 27.5 Å². The summed E-state index contributed by atoms with van der Waals surface area (Å²) < 4.78 is 1.84. The van der Waals surface area contributed by atoms with E-state index < -0.39 is 0 Å². The molecule has 0 aromatic carbocycles. The van der Waals surface area contributed by atoms with Crippen LogP contribution in [0.4, 0.5) is 0 Å². The number of aromatic nitrogens is 2. The van der Waals surface area contributed by atoms with Gasteiger partial charge >= 0.3 is 0 Å². The molecule has 110 valence electrons. The second-order valence-electron chi connectivity index (χ2n) is 6.00. The van der Waals surface area contributed by atoms with Gasteiger partial charge in [0.25, 0.3) is 0 Å². The highest BCUT2D eigenvalue weighted by Gasteiger charge is 2.24. The van der Waals surface area contributed by atoms with E-state index in [2.05, 4.69) is 38.1 Å². The van der Waals surface area contributed by atoms with Gasteiger partial charge in [-0.15, -0.1) is 0 Å². The first-order valence-electron chi connectivity index (χ1n) is 6.85. The first-order chi connectivity index (χ1) is 8.81. The Morgan fingerprint density at radius 2 is 2.05 bits per heavy atom. The van der Waals surface area contributed by atoms with Crippen molar-refractivity contribution in [3.63, 3.8) is 0 Å². The predicted octanol–water partition coefficient (Wildman–Crippen LogP) is 2.52. The molecule has 0 fully saturated rings. The van der Waals surface area contributed by atoms with Gasteiger partial charge in [-0.2, -0.15) is 5.10 Å². The Balaban J connectivity index is 2.77. The molecular weight excluding hydrogens is 262 g/mol. The first kappa shape index (κ1) is 16.5. The summed E-state index contributed by atoms with van der Waals surface area (Å²) >= 11 is 6.33. The van der Waals surface area contributed by atoms with Gasteiger partial charge in [-0.25, -0.2) is 0 Å². The van der Waals surface area contributed by atoms with Crippen LogP contribution < -0.4 is 5.32 Å². The van der Waals surface area contributed by atoms with Crippen molar-refractivity contribution in [2.24, 2.45) is 12.5 Å². The Morgan fingerprint density at radius 3 is 2.47 bits per heavy atom. The molecule has 1 unspecified atom stereocenters. The Morgan fingerprint density at radius 1 is 1.42 bits per heavy atom. The van der Waals surface area contributed by atoms with Gasteiger partial charge < -0.3 is 10.4 Å². The lowest BCUT2D eigenvalue weighted by Gasteiger charge is -2.31. The quantitative estimate of drug-likeness (QED) is 0.845. The summed E-state index contributed by atoms with van der Waals surface area (Å²) in [6.45, 7) is 9.42. The molecule has 1 atom stereocenters. The third-order valence-corrected chi connectivity index (χ3v) is 3.92. The molecule has 0 bridgehead atoms. The maximum absolute atomic E-state index is 9.16. The Hall–Kier alpha value is -0.580. The van der Waals surface area contributed by atoms with Crippen LogP contribution in [0.3, 0.4) is 0 Å². The molecule has 0 saturated carbocycles. The summed E-state index contributed by atoms with van der Waals surface area (Å²) in [6, 6.07) is 0.244. The molecule has 1 aromatic rings. The topological polar surface area (TPSA) is 50.1 Å². The van der Waals surface area contributed by atoms with Crippen LogP contribution in [0.1, 0.15) is 45.5 Å². The van der Waals surface area contributed by atoms with Crippen molar-refractivity contribution in [1.82, 2.24) is 15.1 Å². The molecule has 0 aliphatic rings. The molecule has 0 radical (unpaired) electrons. The van der Waals surface area contributed by atoms with Crippen molar-refractivity contribution in [1.29, 1.82) is 0 Å². The maximum Gasteiger partial charge on any atom is 0.0863 e. The van der Waals surface area contributed by atoms with Crippen molar-refractivity contribution in [3.05, 3.63) is 16.4 Å². The molecule has 2 N–H and O–H groups in total. The van der Waals surface area contributed by atoms with Crippen molar-refractivity contribution >= 4 is 11.6 Å². The summed E-state index contributed by atoms with van der Waals surface area (Å²) in [5.74, 6) is 0. The lowest BCUT2D eigenvalue weighted by Crippen LogP contribution is -2.40. The number of aryl methyl sites for hydroxylation is 2. The highest BCUT2D eigenvalue weighted by atomic mass is 35.5. The van der Waals surface area contributed by atoms with Crippen LogP contribution in [0, 0.1) is 5.41 Å². The standard InChI is InChI=1S/C14H26ClN3O/c1-6-10-13(15)11(18(5)17-10)9-16-12(7-8-19)14(2,3)4/h12,16,19H,6-9H2,1-5H3. The second-order valence-corrected chi connectivity index (χ2v) is 6.37. The fourth-order valence-corrected chi connectivity index (χ4v) is 2.56. The summed E-state index contributed by atoms with van der Waals surface area (Å²) in [4.78, 5) is 0. The zero-order valence-corrected chi connectivity index (χ0v) is 13.4. The van der Waals surface area contributed by atoms with E-state index in [1.165, 1.54) is 0 Å². The molecule has 0 aliphatic carbocycles. The van der Waals surface area contributed by atoms with E-state index in [4.69, 9.17) is 16.7 Å². The summed E-state index contributed by atoms with van der Waals surface area (Å²) in [6.07, 6.45) is 1.58. The third-order valence-electron chi connectivity index (χ3n) is 3.48. The van der Waals surface area contributed by atoms with Crippen molar-refractivity contribution < 1.29 is 5.11 Å². The van der Waals surface area contributed by atoms with E-state index in [-0.39, 0.29) is 18.1 Å². The molecule has 5 heteroatoms. The fourth-order valence-electron chi connectivity index (χ4n) is 2.20. The number of aliphatic hydroxyl groups excluding tert-OH is 1. The van der Waals surface area contributed by atoms with Gasteiger partial charge in [0.1, 0.15) is 0 Å². The van der Waals surface area contributed by atoms with E-state index in [9.17, 15) is 0 Å². The first-order valence-corrected chi connectivity index (χ1v) is 7.23. The van der Waals surface area contributed by atoms with Gasteiger partial charge in [0.15, 0.2) is 0 Å². The lowest BCUT2D eigenvalue weighted by atomic mass is 9.85. The molecule has 1 heterocycles. The van der Waals surface area contributed by atoms with Crippen LogP contribution in [0.25, 0.3) is 0 Å². The SMILES string of the molecule is CCc1nn(C)c(CNC(CCO)C(C)(C)C)c1Cl. The minimum atomic E-state index is 0.0986. The van der Waals surface area contributed by atoms with Gasteiger partial charge in [0, 0.05) is 26.2 Å². The second kappa shape index (κ2) is 6.73. The number of aliphatic hydroxyl groups is 1. The molecule has 1 rings (SSSR count). The Bertz CT molecular complexity index is 410. The molecule has 4 nitrogen and oxygen atoms in total. The molecule has 0 aliphatic heterocycles. The van der Waals surface area contributed by atoms with E-state index in [1.807, 2.05) is 11.7 Å². The molecule has 1 aromatic heterocycles. The Labute approximate surface area is 121 Å². The minimum absolute atomic E-state index is 0.0986. The van der Waals surface area contributed by atoms with E-state index in [0.717, 1.165) is 29.3 Å². The third kappa shape index (κ3) is 4.20. The molecule has 19 heavy (non-hydrogen) atoms. The van der Waals surface area contributed by atoms with Gasteiger partial charge in [-0.3, -0.25) is 4.68 Å². The van der Waals surface area contributed by atoms with Crippen LogP contribution in [0.2, 0.25) is 5.02 Å². The largest absolute Gasteiger partial charge is 0.396 e. The van der Waals surface area contributed by atoms with Crippen molar-refractivity contribution in [2.75, 3.05) is 6.61 Å². The van der Waals surface area contributed by atoms with Crippen molar-refractivity contribution in [3.8, 4) is 0 Å². The summed E-state index contributed by atoms with van der Waals surface area (Å²) in [7, 11) is 1.92. The monoisotopic (exact) mass is 287 g/mol. The van der Waals surface area contributed by atoms with E-state index in [0.29, 0.717) is 6.54 Å². The molecule has 0 saturated heterocycles. The molecule has 0 amide bonds. The normalized spacial score (nSPS) is 13.8. The Kier molecular flexibility index (Phi) is 5.83. The predicted molar refractivity (Wildman–Crippen MR) is 79.4 cm³/mol. The number of halogens is 1. The van der Waals surface area contributed by atoms with Gasteiger partial charge in [0.05, 0.1) is 16.4 Å². The van der Waals surface area contributed by atoms with Crippen molar-refractivity contribution in [2.45, 2.75) is 53.1 Å². The summed E-state index contributed by atoms with van der Waals surface area (Å²) in [5, 5.41) is 17.8. The van der Waals surface area contributed by atoms with Crippen LogP contribution in [-0.2, 0) is 20.0 Å². The van der Waals surface area contributed by atoms with Crippen LogP contribution >= 0.6 is 11.6 Å². The van der Waals surface area contributed by atoms with E-state index >= 15 is 0 Å². The van der Waals surface area contributed by atoms with Crippen LogP contribution in [0.5, 0.6) is 0 Å². The maximum atomic E-state index is 9.16. The number of rotatable bonds is 6. The number of hydrogen-bond donors (Lipinski definition) is 2. The highest BCUT2D eigenvalue weighted by Crippen LogP contribution is 2.24. The van der Waals surface area contributed by atoms with Gasteiger partial charge in [0.2, 0.25) is 0 Å².